The van der Waals surface area contributed by atoms with Gasteiger partial charge in [0.25, 0.3) is 5.91 Å². The highest BCUT2D eigenvalue weighted by Gasteiger charge is 2.18. The first-order chi connectivity index (χ1) is 14.3. The van der Waals surface area contributed by atoms with Crippen LogP contribution in [-0.2, 0) is 16.0 Å². The second-order valence-corrected chi connectivity index (χ2v) is 7.57. The van der Waals surface area contributed by atoms with Gasteiger partial charge in [0.1, 0.15) is 0 Å². The first kappa shape index (κ1) is 21.4. The maximum absolute atomic E-state index is 12.6. The quantitative estimate of drug-likeness (QED) is 0.455. The Morgan fingerprint density at radius 1 is 1.07 bits per heavy atom. The second kappa shape index (κ2) is 9.45. The van der Waals surface area contributed by atoms with Crippen molar-refractivity contribution in [2.45, 2.75) is 26.3 Å². The van der Waals surface area contributed by atoms with Gasteiger partial charge < -0.3 is 20.9 Å². The third-order valence-corrected chi connectivity index (χ3v) is 4.69. The molecular weight excluding hydrogens is 404 g/mol. The van der Waals surface area contributed by atoms with Crippen molar-refractivity contribution in [2.24, 2.45) is 0 Å². The van der Waals surface area contributed by atoms with Crippen LogP contribution >= 0.6 is 11.6 Å². The number of hydrogen-bond donors (Lipinski definition) is 4. The van der Waals surface area contributed by atoms with Crippen molar-refractivity contribution in [3.63, 3.8) is 0 Å². The summed E-state index contributed by atoms with van der Waals surface area (Å²) in [6, 6.07) is 12.0. The smallest absolute Gasteiger partial charge is 0.313 e. The van der Waals surface area contributed by atoms with Crippen molar-refractivity contribution in [3.8, 4) is 0 Å². The molecule has 3 rings (SSSR count). The van der Waals surface area contributed by atoms with Crippen molar-refractivity contribution in [1.29, 1.82) is 0 Å². The number of amides is 3. The van der Waals surface area contributed by atoms with Gasteiger partial charge in [-0.25, -0.2) is 0 Å². The van der Waals surface area contributed by atoms with Gasteiger partial charge in [-0.1, -0.05) is 23.7 Å². The van der Waals surface area contributed by atoms with E-state index in [1.54, 1.807) is 38.1 Å². The number of halogens is 1. The maximum atomic E-state index is 12.6. The largest absolute Gasteiger partial charge is 0.361 e. The predicted molar refractivity (Wildman–Crippen MR) is 118 cm³/mol. The molecule has 1 heterocycles. The molecule has 156 valence electrons. The molecule has 3 amide bonds. The molecular formula is C22H23ClN4O3. The molecule has 0 atom stereocenters. The molecule has 7 nitrogen and oxygen atoms in total. The molecule has 1 aromatic heterocycles. The van der Waals surface area contributed by atoms with Gasteiger partial charge in [-0.2, -0.15) is 0 Å². The highest BCUT2D eigenvalue weighted by molar-refractivity contribution is 6.40. The van der Waals surface area contributed by atoms with E-state index < -0.39 is 11.8 Å². The van der Waals surface area contributed by atoms with Gasteiger partial charge in [0.05, 0.1) is 11.3 Å². The van der Waals surface area contributed by atoms with Crippen LogP contribution in [0.15, 0.2) is 48.7 Å². The molecule has 0 saturated carbocycles. The SMILES string of the molecule is CC(C)NC(=O)C(=O)Nc1ccccc1C(=O)NCCc1c[nH]c2ccc(Cl)cc12. The first-order valence-electron chi connectivity index (χ1n) is 9.59. The minimum absolute atomic E-state index is 0.166. The number of nitrogens with one attached hydrogen (secondary N) is 4. The van der Waals surface area contributed by atoms with Crippen molar-refractivity contribution in [3.05, 3.63) is 64.8 Å². The van der Waals surface area contributed by atoms with Gasteiger partial charge in [-0.15, -0.1) is 0 Å². The van der Waals surface area contributed by atoms with Gasteiger partial charge in [-0.05, 0) is 56.2 Å². The Hall–Kier alpha value is -3.32. The summed E-state index contributed by atoms with van der Waals surface area (Å²) in [6.07, 6.45) is 2.51. The van der Waals surface area contributed by atoms with Gasteiger partial charge in [0, 0.05) is 34.7 Å². The number of carbonyl (C=O) groups is 3. The Morgan fingerprint density at radius 3 is 2.60 bits per heavy atom. The number of fused-ring (bicyclic) bond motifs is 1. The van der Waals surface area contributed by atoms with E-state index in [0.29, 0.717) is 18.0 Å². The molecule has 0 radical (unpaired) electrons. The fraction of sp³-hybridized carbons (Fsp3) is 0.227. The van der Waals surface area contributed by atoms with E-state index in [1.807, 2.05) is 24.4 Å². The van der Waals surface area contributed by atoms with Crippen molar-refractivity contribution < 1.29 is 14.4 Å². The highest BCUT2D eigenvalue weighted by Crippen LogP contribution is 2.22. The van der Waals surface area contributed by atoms with Gasteiger partial charge >= 0.3 is 11.8 Å². The monoisotopic (exact) mass is 426 g/mol. The maximum Gasteiger partial charge on any atom is 0.313 e. The number of para-hydroxylation sites is 1. The summed E-state index contributed by atoms with van der Waals surface area (Å²) < 4.78 is 0. The predicted octanol–water partition coefficient (Wildman–Crippen LogP) is 3.26. The van der Waals surface area contributed by atoms with Crippen molar-refractivity contribution in [2.75, 3.05) is 11.9 Å². The number of aromatic amines is 1. The van der Waals surface area contributed by atoms with Crippen LogP contribution < -0.4 is 16.0 Å². The summed E-state index contributed by atoms with van der Waals surface area (Å²) >= 11 is 6.07. The number of H-pyrrole nitrogens is 1. The molecule has 30 heavy (non-hydrogen) atoms. The molecule has 0 unspecified atom stereocenters. The topological polar surface area (TPSA) is 103 Å². The van der Waals surface area contributed by atoms with E-state index in [2.05, 4.69) is 20.9 Å². The Labute approximate surface area is 179 Å². The molecule has 2 aromatic carbocycles. The van der Waals surface area contributed by atoms with E-state index in [9.17, 15) is 14.4 Å². The number of benzene rings is 2. The lowest BCUT2D eigenvalue weighted by molar-refractivity contribution is -0.136. The first-order valence-corrected chi connectivity index (χ1v) is 9.97. The summed E-state index contributed by atoms with van der Waals surface area (Å²) in [5.41, 5.74) is 2.58. The number of rotatable bonds is 6. The summed E-state index contributed by atoms with van der Waals surface area (Å²) in [6.45, 7) is 3.91. The summed E-state index contributed by atoms with van der Waals surface area (Å²) in [5.74, 6) is -1.91. The van der Waals surface area contributed by atoms with Crippen LogP contribution in [0.1, 0.15) is 29.8 Å². The number of hydrogen-bond acceptors (Lipinski definition) is 3. The van der Waals surface area contributed by atoms with E-state index in [1.165, 1.54) is 0 Å². The van der Waals surface area contributed by atoms with Crippen LogP contribution in [0.25, 0.3) is 10.9 Å². The number of anilines is 1. The highest BCUT2D eigenvalue weighted by atomic mass is 35.5. The molecule has 0 aliphatic heterocycles. The van der Waals surface area contributed by atoms with Crippen LogP contribution in [0, 0.1) is 0 Å². The van der Waals surface area contributed by atoms with Crippen LogP contribution in [-0.4, -0.2) is 35.3 Å². The zero-order valence-electron chi connectivity index (χ0n) is 16.7. The average Bonchev–Trinajstić information content (AvgIpc) is 3.10. The molecule has 0 saturated heterocycles. The van der Waals surface area contributed by atoms with E-state index >= 15 is 0 Å². The average molecular weight is 427 g/mol. The normalized spacial score (nSPS) is 10.8. The molecule has 0 fully saturated rings. The number of aromatic nitrogens is 1. The minimum atomic E-state index is -0.820. The Morgan fingerprint density at radius 2 is 1.83 bits per heavy atom. The van der Waals surface area contributed by atoms with Crippen LogP contribution in [0.2, 0.25) is 5.02 Å². The lowest BCUT2D eigenvalue weighted by Gasteiger charge is -2.12. The lowest BCUT2D eigenvalue weighted by atomic mass is 10.1. The van der Waals surface area contributed by atoms with Crippen molar-refractivity contribution >= 4 is 45.9 Å². The summed E-state index contributed by atoms with van der Waals surface area (Å²) in [7, 11) is 0. The van der Waals surface area contributed by atoms with Crippen LogP contribution in [0.5, 0.6) is 0 Å². The Bertz CT molecular complexity index is 1090. The van der Waals surface area contributed by atoms with E-state index in [4.69, 9.17) is 11.6 Å². The Balaban J connectivity index is 1.63. The molecule has 4 N–H and O–H groups in total. The van der Waals surface area contributed by atoms with Crippen LogP contribution in [0.3, 0.4) is 0 Å². The zero-order valence-corrected chi connectivity index (χ0v) is 17.5. The molecule has 3 aromatic rings. The summed E-state index contributed by atoms with van der Waals surface area (Å²) in [5, 5.41) is 9.54. The van der Waals surface area contributed by atoms with Gasteiger partial charge in [0.2, 0.25) is 0 Å². The van der Waals surface area contributed by atoms with Gasteiger partial charge in [-0.3, -0.25) is 14.4 Å². The molecule has 8 heteroatoms. The van der Waals surface area contributed by atoms with Crippen LogP contribution in [0.4, 0.5) is 5.69 Å². The third kappa shape index (κ3) is 5.18. The Kier molecular flexibility index (Phi) is 6.74. The van der Waals surface area contributed by atoms with E-state index in [0.717, 1.165) is 16.5 Å². The van der Waals surface area contributed by atoms with E-state index in [-0.39, 0.29) is 23.2 Å². The second-order valence-electron chi connectivity index (χ2n) is 7.14. The summed E-state index contributed by atoms with van der Waals surface area (Å²) in [4.78, 5) is 39.7. The standard InChI is InChI=1S/C22H23ClN4O3/c1-13(2)26-21(29)22(30)27-19-6-4-3-5-16(19)20(28)24-10-9-14-12-25-18-8-7-15(23)11-17(14)18/h3-8,11-13,25H,9-10H2,1-2H3,(H,24,28)(H,26,29)(H,27,30). The van der Waals surface area contributed by atoms with Gasteiger partial charge in [0.15, 0.2) is 0 Å². The molecule has 0 bridgehead atoms. The zero-order chi connectivity index (χ0) is 21.7. The fourth-order valence-electron chi connectivity index (χ4n) is 3.06. The minimum Gasteiger partial charge on any atom is -0.361 e. The molecule has 0 aliphatic rings. The van der Waals surface area contributed by atoms with Crippen molar-refractivity contribution in [1.82, 2.24) is 15.6 Å². The fourth-order valence-corrected chi connectivity index (χ4v) is 3.23. The third-order valence-electron chi connectivity index (χ3n) is 4.46. The number of carbonyl (C=O) groups excluding carboxylic acids is 3. The lowest BCUT2D eigenvalue weighted by Crippen LogP contribution is -2.39. The molecule has 0 aliphatic carbocycles. The molecule has 0 spiro atoms.